The predicted octanol–water partition coefficient (Wildman–Crippen LogP) is 2.67. The number of benzene rings is 1. The van der Waals surface area contributed by atoms with Crippen LogP contribution in [0, 0.1) is 6.92 Å². The summed E-state index contributed by atoms with van der Waals surface area (Å²) >= 11 is 1.50. The Morgan fingerprint density at radius 2 is 2.23 bits per heavy atom. The number of thiazole rings is 1. The van der Waals surface area contributed by atoms with Gasteiger partial charge in [-0.15, -0.1) is 6.58 Å². The monoisotopic (exact) mass is 312 g/mol. The molecule has 0 saturated heterocycles. The molecule has 0 bridgehead atoms. The zero-order valence-electron chi connectivity index (χ0n) is 12.5. The summed E-state index contributed by atoms with van der Waals surface area (Å²) in [6.07, 6.45) is 3.48. The Hall–Kier alpha value is -2.47. The molecule has 0 aliphatic carbocycles. The summed E-state index contributed by atoms with van der Waals surface area (Å²) in [5, 5.41) is 4.10. The third-order valence-electron chi connectivity index (χ3n) is 3.42. The number of carbonyl (C=O) groups is 1. The van der Waals surface area contributed by atoms with Crippen LogP contribution in [-0.2, 0) is 13.6 Å². The highest BCUT2D eigenvalue weighted by atomic mass is 32.1. The van der Waals surface area contributed by atoms with E-state index in [2.05, 4.69) is 16.7 Å². The first kappa shape index (κ1) is 14.5. The van der Waals surface area contributed by atoms with Gasteiger partial charge < -0.3 is 4.57 Å². The van der Waals surface area contributed by atoms with E-state index in [9.17, 15) is 4.79 Å². The van der Waals surface area contributed by atoms with Crippen molar-refractivity contribution in [1.29, 1.82) is 0 Å². The molecular formula is C16H16N4OS. The van der Waals surface area contributed by atoms with Gasteiger partial charge in [0.1, 0.15) is 5.69 Å². The standard InChI is InChI=1S/C16H16N4OS/c1-4-9-20-12-7-5-6-8-13(12)22-16(20)18-15(21)14-11(2)10-17-19(14)3/h4-8,10H,1,9H2,2-3H3. The van der Waals surface area contributed by atoms with Crippen LogP contribution in [0.5, 0.6) is 0 Å². The Labute approximate surface area is 131 Å². The summed E-state index contributed by atoms with van der Waals surface area (Å²) in [6, 6.07) is 8.01. The van der Waals surface area contributed by atoms with Crippen LogP contribution in [-0.4, -0.2) is 20.3 Å². The second-order valence-corrected chi connectivity index (χ2v) is 5.98. The number of nitrogens with zero attached hydrogens (tertiary/aromatic N) is 4. The molecule has 6 heteroatoms. The van der Waals surface area contributed by atoms with Crippen LogP contribution >= 0.6 is 11.3 Å². The molecule has 0 radical (unpaired) electrons. The number of hydrogen-bond donors (Lipinski definition) is 0. The van der Waals surface area contributed by atoms with Gasteiger partial charge in [0.25, 0.3) is 5.91 Å². The number of aromatic nitrogens is 3. The molecule has 0 N–H and O–H groups in total. The average Bonchev–Trinajstić information content (AvgIpc) is 3.00. The lowest BCUT2D eigenvalue weighted by atomic mass is 10.3. The van der Waals surface area contributed by atoms with E-state index < -0.39 is 0 Å². The van der Waals surface area contributed by atoms with Crippen LogP contribution < -0.4 is 4.80 Å². The summed E-state index contributed by atoms with van der Waals surface area (Å²) in [6.45, 7) is 6.26. The van der Waals surface area contributed by atoms with Gasteiger partial charge in [-0.2, -0.15) is 10.1 Å². The Balaban J connectivity index is 2.18. The fourth-order valence-electron chi connectivity index (χ4n) is 2.41. The lowest BCUT2D eigenvalue weighted by molar-refractivity contribution is 0.0988. The van der Waals surface area contributed by atoms with E-state index in [1.807, 2.05) is 35.8 Å². The van der Waals surface area contributed by atoms with Gasteiger partial charge in [0.05, 0.1) is 16.4 Å². The van der Waals surface area contributed by atoms with E-state index in [1.165, 1.54) is 11.3 Å². The minimum atomic E-state index is -0.276. The van der Waals surface area contributed by atoms with Crippen molar-refractivity contribution in [3.63, 3.8) is 0 Å². The van der Waals surface area contributed by atoms with E-state index >= 15 is 0 Å². The predicted molar refractivity (Wildman–Crippen MR) is 87.9 cm³/mol. The van der Waals surface area contributed by atoms with Crippen molar-refractivity contribution < 1.29 is 4.79 Å². The third kappa shape index (κ3) is 2.42. The Bertz CT molecular complexity index is 910. The number of carbonyl (C=O) groups excluding carboxylic acids is 1. The smallest absolute Gasteiger partial charge is 0.298 e. The summed E-state index contributed by atoms with van der Waals surface area (Å²) < 4.78 is 4.65. The van der Waals surface area contributed by atoms with Gasteiger partial charge in [0.2, 0.25) is 0 Å². The molecule has 0 fully saturated rings. The van der Waals surface area contributed by atoms with Crippen molar-refractivity contribution in [3.8, 4) is 0 Å². The molecule has 0 saturated carbocycles. The number of amides is 1. The fourth-order valence-corrected chi connectivity index (χ4v) is 3.44. The zero-order chi connectivity index (χ0) is 15.7. The first-order chi connectivity index (χ1) is 10.6. The molecule has 0 atom stereocenters. The van der Waals surface area contributed by atoms with Gasteiger partial charge in [-0.25, -0.2) is 0 Å². The number of fused-ring (bicyclic) bond motifs is 1. The highest BCUT2D eigenvalue weighted by molar-refractivity contribution is 7.16. The van der Waals surface area contributed by atoms with Crippen molar-refractivity contribution in [2.24, 2.45) is 12.0 Å². The maximum absolute atomic E-state index is 12.5. The Morgan fingerprint density at radius 3 is 2.91 bits per heavy atom. The van der Waals surface area contributed by atoms with E-state index in [0.29, 0.717) is 17.0 Å². The highest BCUT2D eigenvalue weighted by Crippen LogP contribution is 2.17. The molecule has 22 heavy (non-hydrogen) atoms. The lowest BCUT2D eigenvalue weighted by Crippen LogP contribution is -2.17. The van der Waals surface area contributed by atoms with E-state index in [0.717, 1.165) is 15.8 Å². The molecule has 0 unspecified atom stereocenters. The number of hydrogen-bond acceptors (Lipinski definition) is 3. The molecule has 5 nitrogen and oxygen atoms in total. The maximum Gasteiger partial charge on any atom is 0.298 e. The van der Waals surface area contributed by atoms with Crippen LogP contribution in [0.4, 0.5) is 0 Å². The van der Waals surface area contributed by atoms with Gasteiger partial charge in [0, 0.05) is 19.2 Å². The SMILES string of the molecule is C=CCn1c(=NC(=O)c2c(C)cnn2C)sc2ccccc21. The molecule has 0 spiro atoms. The van der Waals surface area contributed by atoms with Crippen LogP contribution in [0.15, 0.2) is 48.1 Å². The fraction of sp³-hybridized carbons (Fsp3) is 0.188. The quantitative estimate of drug-likeness (QED) is 0.698. The summed E-state index contributed by atoms with van der Waals surface area (Å²) in [4.78, 5) is 17.5. The highest BCUT2D eigenvalue weighted by Gasteiger charge is 2.14. The molecular weight excluding hydrogens is 296 g/mol. The molecule has 0 aliphatic rings. The number of rotatable bonds is 3. The van der Waals surface area contributed by atoms with Gasteiger partial charge in [-0.3, -0.25) is 9.48 Å². The molecule has 112 valence electrons. The Morgan fingerprint density at radius 1 is 1.45 bits per heavy atom. The van der Waals surface area contributed by atoms with Crippen molar-refractivity contribution in [1.82, 2.24) is 14.3 Å². The molecule has 2 aromatic heterocycles. The van der Waals surface area contributed by atoms with Crippen LogP contribution in [0.25, 0.3) is 10.2 Å². The number of allylic oxidation sites excluding steroid dienone is 1. The van der Waals surface area contributed by atoms with Gasteiger partial charge in [-0.05, 0) is 19.1 Å². The second-order valence-electron chi connectivity index (χ2n) is 4.97. The summed E-state index contributed by atoms with van der Waals surface area (Å²) in [5.41, 5.74) is 2.40. The van der Waals surface area contributed by atoms with Crippen molar-refractivity contribution in [3.05, 3.63) is 59.2 Å². The van der Waals surface area contributed by atoms with Crippen LogP contribution in [0.1, 0.15) is 16.1 Å². The molecule has 3 rings (SSSR count). The van der Waals surface area contributed by atoms with E-state index in [-0.39, 0.29) is 5.91 Å². The number of aryl methyl sites for hydroxylation is 2. The van der Waals surface area contributed by atoms with Crippen LogP contribution in [0.3, 0.4) is 0 Å². The first-order valence-corrected chi connectivity index (χ1v) is 7.70. The number of para-hydroxylation sites is 1. The average molecular weight is 312 g/mol. The van der Waals surface area contributed by atoms with Crippen molar-refractivity contribution >= 4 is 27.5 Å². The normalized spacial score (nSPS) is 12.0. The third-order valence-corrected chi connectivity index (χ3v) is 4.48. The topological polar surface area (TPSA) is 52.2 Å². The minimum Gasteiger partial charge on any atom is -0.312 e. The minimum absolute atomic E-state index is 0.276. The molecule has 0 aliphatic heterocycles. The zero-order valence-corrected chi connectivity index (χ0v) is 13.3. The summed E-state index contributed by atoms with van der Waals surface area (Å²) in [5.74, 6) is -0.276. The molecule has 1 amide bonds. The van der Waals surface area contributed by atoms with E-state index in [4.69, 9.17) is 0 Å². The van der Waals surface area contributed by atoms with E-state index in [1.54, 1.807) is 24.0 Å². The van der Waals surface area contributed by atoms with Crippen molar-refractivity contribution in [2.75, 3.05) is 0 Å². The largest absolute Gasteiger partial charge is 0.312 e. The Kier molecular flexibility index (Phi) is 3.77. The maximum atomic E-state index is 12.5. The molecule has 3 aromatic rings. The van der Waals surface area contributed by atoms with Gasteiger partial charge >= 0.3 is 0 Å². The molecule has 1 aromatic carbocycles. The summed E-state index contributed by atoms with van der Waals surface area (Å²) in [7, 11) is 1.75. The second kappa shape index (κ2) is 5.73. The van der Waals surface area contributed by atoms with Crippen LogP contribution in [0.2, 0.25) is 0 Å². The lowest BCUT2D eigenvalue weighted by Gasteiger charge is -2.01. The molecule has 2 heterocycles. The van der Waals surface area contributed by atoms with Crippen molar-refractivity contribution in [2.45, 2.75) is 13.5 Å². The first-order valence-electron chi connectivity index (χ1n) is 6.88. The van der Waals surface area contributed by atoms with Gasteiger partial charge in [-0.1, -0.05) is 29.5 Å². The van der Waals surface area contributed by atoms with Gasteiger partial charge in [0.15, 0.2) is 4.80 Å².